The number of nitrogens with zero attached hydrogens (tertiary/aromatic N) is 1. The van der Waals surface area contributed by atoms with E-state index in [0.717, 1.165) is 58.0 Å². The monoisotopic (exact) mass is 279 g/mol. The quantitative estimate of drug-likeness (QED) is 0.798. The minimum Gasteiger partial charge on any atom is -0.353 e. The highest BCUT2D eigenvalue weighted by Crippen LogP contribution is 2.33. The van der Waals surface area contributed by atoms with Crippen LogP contribution in [0.2, 0.25) is 0 Å². The second kappa shape index (κ2) is 5.35. The molecular formula is C15H25N3O2. The lowest BCUT2D eigenvalue weighted by molar-refractivity contribution is -0.134. The molecule has 0 aromatic heterocycles. The van der Waals surface area contributed by atoms with Gasteiger partial charge in [0.15, 0.2) is 0 Å². The van der Waals surface area contributed by atoms with Crippen molar-refractivity contribution in [3.05, 3.63) is 0 Å². The zero-order valence-corrected chi connectivity index (χ0v) is 12.1. The summed E-state index contributed by atoms with van der Waals surface area (Å²) in [5.74, 6) is 0.676. The molecule has 3 N–H and O–H groups in total. The lowest BCUT2D eigenvalue weighted by atomic mass is 9.75. The molecule has 20 heavy (non-hydrogen) atoms. The van der Waals surface area contributed by atoms with E-state index in [2.05, 4.69) is 5.32 Å². The van der Waals surface area contributed by atoms with E-state index >= 15 is 0 Å². The van der Waals surface area contributed by atoms with Crippen LogP contribution in [-0.4, -0.2) is 41.4 Å². The molecule has 2 aliphatic carbocycles. The van der Waals surface area contributed by atoms with E-state index in [1.54, 1.807) is 0 Å². The number of hydrogen-bond acceptors (Lipinski definition) is 3. The first kappa shape index (κ1) is 13.9. The van der Waals surface area contributed by atoms with E-state index in [0.29, 0.717) is 6.42 Å². The van der Waals surface area contributed by atoms with Gasteiger partial charge in [-0.3, -0.25) is 9.59 Å². The normalized spacial score (nSPS) is 25.9. The zero-order valence-electron chi connectivity index (χ0n) is 12.1. The number of likely N-dealkylation sites (tertiary alicyclic amines) is 1. The van der Waals surface area contributed by atoms with Gasteiger partial charge in [-0.2, -0.15) is 0 Å². The molecule has 0 bridgehead atoms. The van der Waals surface area contributed by atoms with Gasteiger partial charge in [-0.25, -0.2) is 0 Å². The number of hydrogen-bond donors (Lipinski definition) is 2. The molecule has 0 spiro atoms. The van der Waals surface area contributed by atoms with Crippen LogP contribution < -0.4 is 11.1 Å². The molecule has 1 heterocycles. The van der Waals surface area contributed by atoms with Crippen molar-refractivity contribution < 1.29 is 9.59 Å². The Labute approximate surface area is 120 Å². The average molecular weight is 279 g/mol. The van der Waals surface area contributed by atoms with Gasteiger partial charge >= 0.3 is 0 Å². The standard InChI is InChI=1S/C15H25N3O2/c16-15(6-1-7-15)10-13(19)18-8-4-12(5-9-18)17-14(20)11-2-3-11/h11-12H,1-10,16H2,(H,17,20). The predicted octanol–water partition coefficient (Wildman–Crippen LogP) is 0.775. The van der Waals surface area contributed by atoms with Crippen molar-refractivity contribution >= 4 is 11.8 Å². The number of piperidine rings is 1. The van der Waals surface area contributed by atoms with Crippen LogP contribution in [0.5, 0.6) is 0 Å². The van der Waals surface area contributed by atoms with Crippen LogP contribution in [-0.2, 0) is 9.59 Å². The van der Waals surface area contributed by atoms with E-state index in [1.165, 1.54) is 0 Å². The first-order valence-electron chi connectivity index (χ1n) is 7.93. The van der Waals surface area contributed by atoms with E-state index in [1.807, 2.05) is 4.90 Å². The van der Waals surface area contributed by atoms with Crippen molar-refractivity contribution in [2.45, 2.75) is 62.9 Å². The molecular weight excluding hydrogens is 254 g/mol. The number of rotatable bonds is 4. The summed E-state index contributed by atoms with van der Waals surface area (Å²) >= 11 is 0. The Morgan fingerprint density at radius 1 is 1.15 bits per heavy atom. The second-order valence-electron chi connectivity index (χ2n) is 6.83. The number of amides is 2. The molecule has 3 aliphatic rings. The smallest absolute Gasteiger partial charge is 0.224 e. The fourth-order valence-corrected chi connectivity index (χ4v) is 3.16. The van der Waals surface area contributed by atoms with Crippen molar-refractivity contribution in [2.24, 2.45) is 11.7 Å². The summed E-state index contributed by atoms with van der Waals surface area (Å²) < 4.78 is 0. The minimum atomic E-state index is -0.228. The highest BCUT2D eigenvalue weighted by atomic mass is 16.2. The van der Waals surface area contributed by atoms with E-state index < -0.39 is 0 Å². The third kappa shape index (κ3) is 3.14. The number of nitrogens with two attached hydrogens (primary N) is 1. The van der Waals surface area contributed by atoms with Crippen molar-refractivity contribution in [3.63, 3.8) is 0 Å². The summed E-state index contributed by atoms with van der Waals surface area (Å²) in [4.78, 5) is 25.9. The first-order valence-corrected chi connectivity index (χ1v) is 7.93. The molecule has 2 saturated carbocycles. The fourth-order valence-electron chi connectivity index (χ4n) is 3.16. The minimum absolute atomic E-state index is 0.194. The highest BCUT2D eigenvalue weighted by molar-refractivity contribution is 5.81. The van der Waals surface area contributed by atoms with E-state index in [9.17, 15) is 9.59 Å². The van der Waals surface area contributed by atoms with E-state index in [-0.39, 0.29) is 29.3 Å². The van der Waals surface area contributed by atoms with Gasteiger partial charge in [0.25, 0.3) is 0 Å². The number of carbonyl (C=O) groups excluding carboxylic acids is 2. The molecule has 3 rings (SSSR count). The van der Waals surface area contributed by atoms with Crippen molar-refractivity contribution in [1.82, 2.24) is 10.2 Å². The van der Waals surface area contributed by atoms with Gasteiger partial charge in [-0.05, 0) is 44.9 Å². The van der Waals surface area contributed by atoms with Crippen LogP contribution >= 0.6 is 0 Å². The number of carbonyl (C=O) groups is 2. The molecule has 0 unspecified atom stereocenters. The summed E-state index contributed by atoms with van der Waals surface area (Å²) in [6, 6.07) is 0.252. The molecule has 3 fully saturated rings. The van der Waals surface area contributed by atoms with Crippen LogP contribution in [0.15, 0.2) is 0 Å². The molecule has 112 valence electrons. The average Bonchev–Trinajstić information content (AvgIpc) is 3.22. The molecule has 5 heteroatoms. The van der Waals surface area contributed by atoms with Gasteiger partial charge in [-0.1, -0.05) is 0 Å². The summed E-state index contributed by atoms with van der Waals surface area (Å²) in [7, 11) is 0. The first-order chi connectivity index (χ1) is 9.56. The maximum Gasteiger partial charge on any atom is 0.224 e. The van der Waals surface area contributed by atoms with Crippen LogP contribution in [0.3, 0.4) is 0 Å². The van der Waals surface area contributed by atoms with Gasteiger partial charge in [0.05, 0.1) is 0 Å². The topological polar surface area (TPSA) is 75.4 Å². The van der Waals surface area contributed by atoms with Gasteiger partial charge in [0.1, 0.15) is 0 Å². The van der Waals surface area contributed by atoms with Gasteiger partial charge in [0, 0.05) is 37.0 Å². The van der Waals surface area contributed by atoms with Crippen LogP contribution in [0, 0.1) is 5.92 Å². The largest absolute Gasteiger partial charge is 0.353 e. The Bertz CT molecular complexity index is 394. The second-order valence-corrected chi connectivity index (χ2v) is 6.83. The zero-order chi connectivity index (χ0) is 14.2. The molecule has 0 aromatic rings. The molecule has 1 aliphatic heterocycles. The fraction of sp³-hybridized carbons (Fsp3) is 0.867. The van der Waals surface area contributed by atoms with Gasteiger partial charge in [0.2, 0.25) is 11.8 Å². The molecule has 5 nitrogen and oxygen atoms in total. The number of nitrogens with one attached hydrogen (secondary N) is 1. The van der Waals surface area contributed by atoms with E-state index in [4.69, 9.17) is 5.73 Å². The van der Waals surface area contributed by atoms with Gasteiger partial charge < -0.3 is 16.0 Å². The maximum absolute atomic E-state index is 12.2. The molecule has 0 aromatic carbocycles. The third-order valence-corrected chi connectivity index (χ3v) is 4.99. The molecule has 1 saturated heterocycles. The van der Waals surface area contributed by atoms with Crippen molar-refractivity contribution in [2.75, 3.05) is 13.1 Å². The molecule has 0 atom stereocenters. The summed E-state index contributed by atoms with van der Waals surface area (Å²) in [6.07, 6.45) is 7.44. The van der Waals surface area contributed by atoms with Crippen LogP contribution in [0.25, 0.3) is 0 Å². The van der Waals surface area contributed by atoms with Gasteiger partial charge in [-0.15, -0.1) is 0 Å². The van der Waals surface area contributed by atoms with Crippen LogP contribution in [0.1, 0.15) is 51.4 Å². The SMILES string of the molecule is NC1(CC(=O)N2CCC(NC(=O)C3CC3)CC2)CCC1. The molecule has 2 amide bonds. The Balaban J connectivity index is 1.41. The van der Waals surface area contributed by atoms with Crippen molar-refractivity contribution in [1.29, 1.82) is 0 Å². The highest BCUT2D eigenvalue weighted by Gasteiger charge is 2.37. The van der Waals surface area contributed by atoms with Crippen molar-refractivity contribution in [3.8, 4) is 0 Å². The third-order valence-electron chi connectivity index (χ3n) is 4.99. The Morgan fingerprint density at radius 2 is 1.80 bits per heavy atom. The Kier molecular flexibility index (Phi) is 3.71. The molecule has 0 radical (unpaired) electrons. The summed E-state index contributed by atoms with van der Waals surface area (Å²) in [5, 5.41) is 3.11. The summed E-state index contributed by atoms with van der Waals surface area (Å²) in [6.45, 7) is 1.51. The lowest BCUT2D eigenvalue weighted by Crippen LogP contribution is -2.52. The Morgan fingerprint density at radius 3 is 2.30 bits per heavy atom. The Hall–Kier alpha value is -1.10. The lowest BCUT2D eigenvalue weighted by Gasteiger charge is -2.40. The maximum atomic E-state index is 12.2. The summed E-state index contributed by atoms with van der Waals surface area (Å²) in [5.41, 5.74) is 5.91. The predicted molar refractivity (Wildman–Crippen MR) is 75.9 cm³/mol. The van der Waals surface area contributed by atoms with Crippen LogP contribution in [0.4, 0.5) is 0 Å².